The molecule has 1 aromatic carbocycles. The number of rotatable bonds is 1. The van der Waals surface area contributed by atoms with Crippen molar-refractivity contribution in [3.05, 3.63) is 35.5 Å². The van der Waals surface area contributed by atoms with Crippen LogP contribution in [-0.4, -0.2) is 22.5 Å². The van der Waals surface area contributed by atoms with Crippen molar-refractivity contribution in [3.8, 4) is 0 Å². The highest BCUT2D eigenvalue weighted by molar-refractivity contribution is 5.84. The highest BCUT2D eigenvalue weighted by Gasteiger charge is 2.19. The zero-order valence-electron chi connectivity index (χ0n) is 10.7. The molecule has 1 N–H and O–H groups in total. The first kappa shape index (κ1) is 10.8. The average molecular weight is 228 g/mol. The molecule has 17 heavy (non-hydrogen) atoms. The maximum atomic E-state index is 3.59. The Labute approximate surface area is 103 Å². The van der Waals surface area contributed by atoms with Crippen molar-refractivity contribution in [2.75, 3.05) is 6.54 Å². The maximum Gasteiger partial charge on any atom is 0.0459 e. The molecule has 0 amide bonds. The molecule has 0 saturated heterocycles. The van der Waals surface area contributed by atoms with Crippen LogP contribution in [0, 0.1) is 0 Å². The number of aromatic nitrogens is 1. The van der Waals surface area contributed by atoms with Crippen LogP contribution in [0.1, 0.15) is 31.5 Å². The monoisotopic (exact) mass is 228 g/mol. The van der Waals surface area contributed by atoms with Crippen LogP contribution in [0.5, 0.6) is 0 Å². The Morgan fingerprint density at radius 1 is 1.24 bits per heavy atom. The number of nitrogens with zero attached hydrogens (tertiary/aromatic N) is 1. The fourth-order valence-electron chi connectivity index (χ4n) is 2.83. The largest absolute Gasteiger partial charge is 0.358 e. The number of aryl methyl sites for hydroxylation is 1. The van der Waals surface area contributed by atoms with Crippen molar-refractivity contribution >= 4 is 10.9 Å². The summed E-state index contributed by atoms with van der Waals surface area (Å²) >= 11 is 0. The minimum absolute atomic E-state index is 0.634. The van der Waals surface area contributed by atoms with Crippen molar-refractivity contribution in [1.82, 2.24) is 9.88 Å². The van der Waals surface area contributed by atoms with E-state index in [1.54, 1.807) is 0 Å². The summed E-state index contributed by atoms with van der Waals surface area (Å²) in [6.07, 6.45) is 2.45. The molecular formula is C15H20N2. The van der Waals surface area contributed by atoms with Gasteiger partial charge in [0.1, 0.15) is 0 Å². The molecule has 2 heteroatoms. The van der Waals surface area contributed by atoms with Gasteiger partial charge in [-0.25, -0.2) is 0 Å². The number of fused-ring (bicyclic) bond motifs is 3. The van der Waals surface area contributed by atoms with E-state index in [1.165, 1.54) is 41.5 Å². The SMILES string of the molecule is CC(C)N1CCCc2[nH]c3ccccc3c2C1. The molecule has 0 fully saturated rings. The van der Waals surface area contributed by atoms with Crippen LogP contribution in [0.3, 0.4) is 0 Å². The second kappa shape index (κ2) is 4.19. The lowest BCUT2D eigenvalue weighted by atomic mass is 10.1. The molecule has 0 atom stereocenters. The fraction of sp³-hybridized carbons (Fsp3) is 0.467. The Morgan fingerprint density at radius 3 is 2.88 bits per heavy atom. The minimum Gasteiger partial charge on any atom is -0.358 e. The summed E-state index contributed by atoms with van der Waals surface area (Å²) in [5.74, 6) is 0. The quantitative estimate of drug-likeness (QED) is 0.793. The summed E-state index contributed by atoms with van der Waals surface area (Å²) in [6.45, 7) is 6.89. The number of nitrogens with one attached hydrogen (secondary N) is 1. The Balaban J connectivity index is 2.08. The van der Waals surface area contributed by atoms with Crippen LogP contribution in [0.25, 0.3) is 10.9 Å². The lowest BCUT2D eigenvalue weighted by Gasteiger charge is -2.24. The van der Waals surface area contributed by atoms with Crippen molar-refractivity contribution in [2.24, 2.45) is 0 Å². The third-order valence-corrected chi connectivity index (χ3v) is 3.87. The van der Waals surface area contributed by atoms with E-state index >= 15 is 0 Å². The van der Waals surface area contributed by atoms with Crippen molar-refractivity contribution in [3.63, 3.8) is 0 Å². The zero-order valence-corrected chi connectivity index (χ0v) is 10.7. The third-order valence-electron chi connectivity index (χ3n) is 3.87. The molecule has 3 rings (SSSR count). The molecule has 90 valence electrons. The normalized spacial score (nSPS) is 17.4. The molecule has 1 aliphatic rings. The van der Waals surface area contributed by atoms with Gasteiger partial charge in [0.15, 0.2) is 0 Å². The van der Waals surface area contributed by atoms with Gasteiger partial charge in [0.05, 0.1) is 0 Å². The summed E-state index contributed by atoms with van der Waals surface area (Å²) in [7, 11) is 0. The lowest BCUT2D eigenvalue weighted by molar-refractivity contribution is 0.217. The molecule has 0 spiro atoms. The van der Waals surface area contributed by atoms with Gasteiger partial charge in [0.25, 0.3) is 0 Å². The van der Waals surface area contributed by atoms with E-state index in [2.05, 4.69) is 48.0 Å². The standard InChI is InChI=1S/C15H20N2/c1-11(2)17-9-5-8-15-13(10-17)12-6-3-4-7-14(12)16-15/h3-4,6-7,11,16H,5,8-10H2,1-2H3. The predicted molar refractivity (Wildman–Crippen MR) is 72.2 cm³/mol. The smallest absolute Gasteiger partial charge is 0.0459 e. The molecule has 0 unspecified atom stereocenters. The Hall–Kier alpha value is -1.28. The van der Waals surface area contributed by atoms with E-state index in [0.29, 0.717) is 6.04 Å². The van der Waals surface area contributed by atoms with Gasteiger partial charge in [-0.2, -0.15) is 0 Å². The second-order valence-electron chi connectivity index (χ2n) is 5.30. The van der Waals surface area contributed by atoms with Crippen LogP contribution in [0.4, 0.5) is 0 Å². The van der Waals surface area contributed by atoms with E-state index < -0.39 is 0 Å². The number of hydrogen-bond donors (Lipinski definition) is 1. The number of H-pyrrole nitrogens is 1. The van der Waals surface area contributed by atoms with Crippen molar-refractivity contribution in [2.45, 2.75) is 39.3 Å². The van der Waals surface area contributed by atoms with Crippen LogP contribution >= 0.6 is 0 Å². The third kappa shape index (κ3) is 1.87. The first-order valence-electron chi connectivity index (χ1n) is 6.58. The number of para-hydroxylation sites is 1. The Kier molecular flexibility index (Phi) is 2.67. The molecular weight excluding hydrogens is 208 g/mol. The molecule has 2 aromatic rings. The highest BCUT2D eigenvalue weighted by atomic mass is 15.1. The van der Waals surface area contributed by atoms with E-state index in [0.717, 1.165) is 6.54 Å². The molecule has 0 bridgehead atoms. The molecule has 0 saturated carbocycles. The molecule has 0 radical (unpaired) electrons. The van der Waals surface area contributed by atoms with Crippen LogP contribution in [-0.2, 0) is 13.0 Å². The number of aromatic amines is 1. The van der Waals surface area contributed by atoms with Gasteiger partial charge >= 0.3 is 0 Å². The Morgan fingerprint density at radius 2 is 2.06 bits per heavy atom. The molecule has 2 heterocycles. The first-order valence-corrected chi connectivity index (χ1v) is 6.58. The lowest BCUT2D eigenvalue weighted by Crippen LogP contribution is -2.30. The van der Waals surface area contributed by atoms with Gasteiger partial charge in [-0.1, -0.05) is 18.2 Å². The summed E-state index contributed by atoms with van der Waals surface area (Å²) < 4.78 is 0. The summed E-state index contributed by atoms with van der Waals surface area (Å²) in [5, 5.41) is 1.41. The van der Waals surface area contributed by atoms with Gasteiger partial charge in [-0.15, -0.1) is 0 Å². The van der Waals surface area contributed by atoms with Crippen molar-refractivity contribution < 1.29 is 0 Å². The molecule has 0 aliphatic carbocycles. The average Bonchev–Trinajstić information content (AvgIpc) is 2.53. The van der Waals surface area contributed by atoms with Gasteiger partial charge in [0.2, 0.25) is 0 Å². The minimum atomic E-state index is 0.634. The van der Waals surface area contributed by atoms with Gasteiger partial charge in [-0.05, 0) is 44.9 Å². The summed E-state index contributed by atoms with van der Waals surface area (Å²) in [6, 6.07) is 9.31. The fourth-order valence-corrected chi connectivity index (χ4v) is 2.83. The number of hydrogen-bond acceptors (Lipinski definition) is 1. The van der Waals surface area contributed by atoms with Crippen LogP contribution < -0.4 is 0 Å². The van der Waals surface area contributed by atoms with Crippen LogP contribution in [0.15, 0.2) is 24.3 Å². The molecule has 2 nitrogen and oxygen atoms in total. The zero-order chi connectivity index (χ0) is 11.8. The topological polar surface area (TPSA) is 19.0 Å². The summed E-state index contributed by atoms with van der Waals surface area (Å²) in [4.78, 5) is 6.16. The van der Waals surface area contributed by atoms with Gasteiger partial charge in [-0.3, -0.25) is 4.90 Å². The van der Waals surface area contributed by atoms with E-state index in [-0.39, 0.29) is 0 Å². The summed E-state index contributed by atoms with van der Waals surface area (Å²) in [5.41, 5.74) is 4.27. The van der Waals surface area contributed by atoms with E-state index in [9.17, 15) is 0 Å². The second-order valence-corrected chi connectivity index (χ2v) is 5.30. The van der Waals surface area contributed by atoms with Crippen molar-refractivity contribution in [1.29, 1.82) is 0 Å². The highest BCUT2D eigenvalue weighted by Crippen LogP contribution is 2.27. The molecule has 1 aliphatic heterocycles. The Bertz CT molecular complexity index is 525. The van der Waals surface area contributed by atoms with Crippen LogP contribution in [0.2, 0.25) is 0 Å². The predicted octanol–water partition coefficient (Wildman–Crippen LogP) is 3.32. The van der Waals surface area contributed by atoms with Gasteiger partial charge in [0, 0.05) is 29.2 Å². The van der Waals surface area contributed by atoms with E-state index in [1.807, 2.05) is 0 Å². The van der Waals surface area contributed by atoms with Gasteiger partial charge < -0.3 is 4.98 Å². The maximum absolute atomic E-state index is 3.59. The molecule has 1 aromatic heterocycles. The van der Waals surface area contributed by atoms with E-state index in [4.69, 9.17) is 0 Å². The number of benzene rings is 1. The first-order chi connectivity index (χ1) is 8.25.